The van der Waals surface area contributed by atoms with Gasteiger partial charge in [0, 0.05) is 55.3 Å². The molecule has 1 saturated heterocycles. The van der Waals surface area contributed by atoms with Crippen LogP contribution in [0.5, 0.6) is 0 Å². The van der Waals surface area contributed by atoms with Crippen LogP contribution < -0.4 is 5.56 Å². The number of rotatable bonds is 4. The molecule has 0 aliphatic carbocycles. The van der Waals surface area contributed by atoms with Crippen LogP contribution in [-0.4, -0.2) is 57.5 Å². The number of thiazole rings is 1. The highest BCUT2D eigenvalue weighted by molar-refractivity contribution is 7.98. The third-order valence-electron chi connectivity index (χ3n) is 4.74. The maximum absolute atomic E-state index is 12.8. The zero-order valence-corrected chi connectivity index (χ0v) is 16.6. The maximum atomic E-state index is 12.8. The minimum atomic E-state index is -0.0428. The molecule has 1 aromatic carbocycles. The Labute approximate surface area is 165 Å². The van der Waals surface area contributed by atoms with Gasteiger partial charge >= 0.3 is 0 Å². The van der Waals surface area contributed by atoms with Crippen LogP contribution in [0.3, 0.4) is 0 Å². The first kappa shape index (κ1) is 18.2. The van der Waals surface area contributed by atoms with Crippen LogP contribution in [0.4, 0.5) is 0 Å². The molecule has 2 aromatic heterocycles. The zero-order valence-electron chi connectivity index (χ0n) is 15.0. The first-order valence-electron chi connectivity index (χ1n) is 8.76. The fourth-order valence-electron chi connectivity index (χ4n) is 3.30. The van der Waals surface area contributed by atoms with E-state index in [0.29, 0.717) is 19.6 Å². The molecular formula is C19H20N4O2S2. The number of carbonyl (C=O) groups excluding carboxylic acids is 1. The highest BCUT2D eigenvalue weighted by atomic mass is 32.2. The molecule has 1 aliphatic heterocycles. The lowest BCUT2D eigenvalue weighted by Crippen LogP contribution is -2.48. The average molecular weight is 401 g/mol. The van der Waals surface area contributed by atoms with Crippen LogP contribution in [0.1, 0.15) is 16.1 Å². The summed E-state index contributed by atoms with van der Waals surface area (Å²) in [6, 6.07) is 9.35. The van der Waals surface area contributed by atoms with Gasteiger partial charge in [0.15, 0.2) is 4.96 Å². The summed E-state index contributed by atoms with van der Waals surface area (Å²) in [5, 5.41) is 1.87. The summed E-state index contributed by atoms with van der Waals surface area (Å²) in [5.74, 6) is 0.0935. The van der Waals surface area contributed by atoms with Crippen molar-refractivity contribution < 1.29 is 4.79 Å². The number of aromatic nitrogens is 2. The van der Waals surface area contributed by atoms with Gasteiger partial charge in [-0.25, -0.2) is 4.98 Å². The molecule has 8 heteroatoms. The largest absolute Gasteiger partial charge is 0.336 e. The Bertz CT molecular complexity index is 1020. The van der Waals surface area contributed by atoms with E-state index < -0.39 is 0 Å². The number of benzene rings is 1. The van der Waals surface area contributed by atoms with E-state index >= 15 is 0 Å². The smallest absolute Gasteiger partial charge is 0.258 e. The number of piperazine rings is 1. The van der Waals surface area contributed by atoms with Crippen molar-refractivity contribution in [1.29, 1.82) is 0 Å². The molecule has 1 aliphatic rings. The van der Waals surface area contributed by atoms with E-state index in [0.717, 1.165) is 34.2 Å². The number of hydrogen-bond donors (Lipinski definition) is 0. The minimum Gasteiger partial charge on any atom is -0.336 e. The van der Waals surface area contributed by atoms with Crippen molar-refractivity contribution in [3.05, 3.63) is 63.5 Å². The van der Waals surface area contributed by atoms with E-state index in [1.165, 1.54) is 11.3 Å². The molecule has 1 fully saturated rings. The SMILES string of the molecule is CSc1ccccc1C(=O)N1CCN(Cc2cc(=O)n3ccsc3n2)CC1. The van der Waals surface area contributed by atoms with Gasteiger partial charge in [-0.2, -0.15) is 0 Å². The van der Waals surface area contributed by atoms with Crippen molar-refractivity contribution in [2.45, 2.75) is 11.4 Å². The van der Waals surface area contributed by atoms with Crippen LogP contribution in [0.2, 0.25) is 0 Å². The lowest BCUT2D eigenvalue weighted by atomic mass is 10.1. The Morgan fingerprint density at radius 2 is 2.00 bits per heavy atom. The number of fused-ring (bicyclic) bond motifs is 1. The molecule has 3 heterocycles. The lowest BCUT2D eigenvalue weighted by molar-refractivity contribution is 0.0623. The van der Waals surface area contributed by atoms with Gasteiger partial charge in [-0.1, -0.05) is 12.1 Å². The van der Waals surface area contributed by atoms with Crippen LogP contribution in [0.25, 0.3) is 4.96 Å². The molecule has 3 aromatic rings. The van der Waals surface area contributed by atoms with E-state index in [1.807, 2.05) is 40.8 Å². The van der Waals surface area contributed by atoms with Gasteiger partial charge in [-0.05, 0) is 18.4 Å². The molecule has 6 nitrogen and oxygen atoms in total. The molecule has 0 bridgehead atoms. The van der Waals surface area contributed by atoms with Gasteiger partial charge < -0.3 is 4.90 Å². The van der Waals surface area contributed by atoms with Crippen LogP contribution in [0.15, 0.2) is 51.6 Å². The molecule has 0 spiro atoms. The normalized spacial score (nSPS) is 15.4. The summed E-state index contributed by atoms with van der Waals surface area (Å²) in [4.78, 5) is 35.4. The van der Waals surface area contributed by atoms with E-state index in [-0.39, 0.29) is 11.5 Å². The second kappa shape index (κ2) is 7.84. The third-order valence-corrected chi connectivity index (χ3v) is 6.29. The maximum Gasteiger partial charge on any atom is 0.258 e. The van der Waals surface area contributed by atoms with Gasteiger partial charge in [0.1, 0.15) is 0 Å². The summed E-state index contributed by atoms with van der Waals surface area (Å²) >= 11 is 3.06. The van der Waals surface area contributed by atoms with Crippen molar-refractivity contribution >= 4 is 34.0 Å². The molecule has 4 rings (SSSR count). The molecule has 0 atom stereocenters. The Morgan fingerprint density at radius 1 is 1.22 bits per heavy atom. The van der Waals surface area contributed by atoms with Crippen LogP contribution in [0, 0.1) is 0 Å². The molecule has 0 unspecified atom stereocenters. The van der Waals surface area contributed by atoms with Gasteiger partial charge in [-0.15, -0.1) is 23.1 Å². The lowest BCUT2D eigenvalue weighted by Gasteiger charge is -2.34. The van der Waals surface area contributed by atoms with Gasteiger partial charge in [0.2, 0.25) is 0 Å². The Kier molecular flexibility index (Phi) is 5.29. The summed E-state index contributed by atoms with van der Waals surface area (Å²) < 4.78 is 1.56. The standard InChI is InChI=1S/C19H20N4O2S2/c1-26-16-5-3-2-4-15(16)18(25)22-8-6-21(7-9-22)13-14-12-17(24)23-10-11-27-19(23)20-14/h2-5,10-12H,6-9,13H2,1H3. The second-order valence-corrected chi connectivity index (χ2v) is 8.13. The van der Waals surface area contributed by atoms with E-state index in [9.17, 15) is 9.59 Å². The topological polar surface area (TPSA) is 57.9 Å². The number of hydrogen-bond acceptors (Lipinski definition) is 6. The van der Waals surface area contributed by atoms with E-state index in [2.05, 4.69) is 9.88 Å². The fraction of sp³-hybridized carbons (Fsp3) is 0.316. The summed E-state index contributed by atoms with van der Waals surface area (Å²) in [6.07, 6.45) is 3.74. The second-order valence-electron chi connectivity index (χ2n) is 6.41. The highest BCUT2D eigenvalue weighted by Crippen LogP contribution is 2.22. The summed E-state index contributed by atoms with van der Waals surface area (Å²) in [5.41, 5.74) is 1.52. The van der Waals surface area contributed by atoms with Crippen molar-refractivity contribution in [2.75, 3.05) is 32.4 Å². The van der Waals surface area contributed by atoms with Crippen molar-refractivity contribution in [3.8, 4) is 0 Å². The summed E-state index contributed by atoms with van der Waals surface area (Å²) in [6.45, 7) is 3.55. The number of amides is 1. The summed E-state index contributed by atoms with van der Waals surface area (Å²) in [7, 11) is 0. The number of nitrogens with zero attached hydrogens (tertiary/aromatic N) is 4. The Hall–Kier alpha value is -2.16. The zero-order chi connectivity index (χ0) is 18.8. The molecule has 0 N–H and O–H groups in total. The van der Waals surface area contributed by atoms with E-state index in [4.69, 9.17) is 0 Å². The predicted molar refractivity (Wildman–Crippen MR) is 109 cm³/mol. The van der Waals surface area contributed by atoms with Gasteiger partial charge in [0.25, 0.3) is 11.5 Å². The predicted octanol–water partition coefficient (Wildman–Crippen LogP) is 2.44. The quantitative estimate of drug-likeness (QED) is 0.630. The molecule has 1 amide bonds. The van der Waals surface area contributed by atoms with Crippen molar-refractivity contribution in [2.24, 2.45) is 0 Å². The molecule has 140 valence electrons. The monoisotopic (exact) mass is 400 g/mol. The Morgan fingerprint density at radius 3 is 2.78 bits per heavy atom. The Balaban J connectivity index is 1.41. The van der Waals surface area contributed by atoms with Crippen molar-refractivity contribution in [3.63, 3.8) is 0 Å². The molecule has 27 heavy (non-hydrogen) atoms. The van der Waals surface area contributed by atoms with Crippen LogP contribution >= 0.6 is 23.1 Å². The average Bonchev–Trinajstić information content (AvgIpc) is 3.17. The van der Waals surface area contributed by atoms with Gasteiger partial charge in [0.05, 0.1) is 11.3 Å². The fourth-order valence-corrected chi connectivity index (χ4v) is 4.63. The molecule has 0 saturated carbocycles. The third kappa shape index (κ3) is 3.78. The molecular weight excluding hydrogens is 380 g/mol. The van der Waals surface area contributed by atoms with Crippen LogP contribution in [-0.2, 0) is 6.54 Å². The van der Waals surface area contributed by atoms with E-state index in [1.54, 1.807) is 28.4 Å². The first-order valence-corrected chi connectivity index (χ1v) is 10.9. The number of carbonyl (C=O) groups is 1. The van der Waals surface area contributed by atoms with Gasteiger partial charge in [-0.3, -0.25) is 18.9 Å². The molecule has 0 radical (unpaired) electrons. The minimum absolute atomic E-state index is 0.0428. The van der Waals surface area contributed by atoms with Crippen molar-refractivity contribution in [1.82, 2.24) is 19.2 Å². The first-order chi connectivity index (χ1) is 13.2. The highest BCUT2D eigenvalue weighted by Gasteiger charge is 2.24. The number of thioether (sulfide) groups is 1.